The molecular formula is C15H16N4O2. The molecule has 3 rings (SSSR count). The molecule has 2 heterocycles. The van der Waals surface area contributed by atoms with Gasteiger partial charge in [0.15, 0.2) is 0 Å². The van der Waals surface area contributed by atoms with E-state index in [2.05, 4.69) is 15.5 Å². The van der Waals surface area contributed by atoms with Crippen molar-refractivity contribution in [3.63, 3.8) is 0 Å². The molecule has 0 radical (unpaired) electrons. The van der Waals surface area contributed by atoms with Crippen molar-refractivity contribution in [3.8, 4) is 11.6 Å². The third-order valence-electron chi connectivity index (χ3n) is 3.26. The van der Waals surface area contributed by atoms with Gasteiger partial charge in [-0.25, -0.2) is 0 Å². The third kappa shape index (κ3) is 2.65. The van der Waals surface area contributed by atoms with Gasteiger partial charge in [-0.1, -0.05) is 25.1 Å². The molecule has 0 spiro atoms. The molecule has 108 valence electrons. The molecular weight excluding hydrogens is 268 g/mol. The van der Waals surface area contributed by atoms with Crippen LogP contribution in [0.15, 0.2) is 41.1 Å². The number of nitrogens with one attached hydrogen (secondary N) is 1. The maximum absolute atomic E-state index is 12.0. The van der Waals surface area contributed by atoms with Gasteiger partial charge in [-0.15, -0.1) is 10.2 Å². The molecule has 6 nitrogen and oxygen atoms in total. The lowest BCUT2D eigenvalue weighted by Gasteiger charge is -2.09. The first-order chi connectivity index (χ1) is 10.3. The first-order valence-electron chi connectivity index (χ1n) is 6.91. The van der Waals surface area contributed by atoms with Gasteiger partial charge >= 0.3 is 0 Å². The minimum Gasteiger partial charge on any atom is -0.422 e. The fourth-order valence-corrected chi connectivity index (χ4v) is 2.31. The molecule has 2 aromatic heterocycles. The van der Waals surface area contributed by atoms with E-state index in [9.17, 15) is 4.79 Å². The molecule has 0 fully saturated rings. The van der Waals surface area contributed by atoms with Gasteiger partial charge in [0.2, 0.25) is 12.3 Å². The van der Waals surface area contributed by atoms with Crippen molar-refractivity contribution in [1.29, 1.82) is 0 Å². The average Bonchev–Trinajstić information content (AvgIpc) is 3.13. The summed E-state index contributed by atoms with van der Waals surface area (Å²) in [4.78, 5) is 12.0. The second kappa shape index (κ2) is 5.78. The fraction of sp³-hybridized carbons (Fsp3) is 0.267. The lowest BCUT2D eigenvalue weighted by molar-refractivity contribution is -0.121. The zero-order chi connectivity index (χ0) is 14.7. The standard InChI is InChI=1S/C15H16N4O2/c1-2-7-16-14(20)9-19-12-6-4-3-5-11(12)8-13(19)15-18-17-10-21-15/h3-6,8,10H,2,7,9H2,1H3,(H,16,20). The molecule has 0 bridgehead atoms. The Morgan fingerprint density at radius 1 is 1.38 bits per heavy atom. The molecule has 3 aromatic rings. The van der Waals surface area contributed by atoms with Crippen LogP contribution in [0, 0.1) is 0 Å². The molecule has 1 N–H and O–H groups in total. The van der Waals surface area contributed by atoms with E-state index >= 15 is 0 Å². The minimum atomic E-state index is -0.0287. The fourth-order valence-electron chi connectivity index (χ4n) is 2.31. The van der Waals surface area contributed by atoms with Gasteiger partial charge < -0.3 is 14.3 Å². The summed E-state index contributed by atoms with van der Waals surface area (Å²) in [7, 11) is 0. The van der Waals surface area contributed by atoms with Gasteiger partial charge in [0.05, 0.1) is 0 Å². The van der Waals surface area contributed by atoms with Crippen molar-refractivity contribution in [2.24, 2.45) is 0 Å². The van der Waals surface area contributed by atoms with E-state index in [1.165, 1.54) is 6.39 Å². The van der Waals surface area contributed by atoms with Gasteiger partial charge in [-0.05, 0) is 18.6 Å². The number of aromatic nitrogens is 3. The normalized spacial score (nSPS) is 10.9. The van der Waals surface area contributed by atoms with Crippen molar-refractivity contribution in [3.05, 3.63) is 36.7 Å². The van der Waals surface area contributed by atoms with E-state index in [-0.39, 0.29) is 12.5 Å². The van der Waals surface area contributed by atoms with Gasteiger partial charge in [0, 0.05) is 17.4 Å². The summed E-state index contributed by atoms with van der Waals surface area (Å²) in [5.74, 6) is 0.383. The van der Waals surface area contributed by atoms with Gasteiger partial charge in [0.1, 0.15) is 12.2 Å². The van der Waals surface area contributed by atoms with Crippen LogP contribution in [0.2, 0.25) is 0 Å². The lowest BCUT2D eigenvalue weighted by atomic mass is 10.2. The van der Waals surface area contributed by atoms with E-state index < -0.39 is 0 Å². The van der Waals surface area contributed by atoms with E-state index in [0.29, 0.717) is 12.4 Å². The Hall–Kier alpha value is -2.63. The Labute approximate surface area is 121 Å². The smallest absolute Gasteiger partial charge is 0.264 e. The highest BCUT2D eigenvalue weighted by molar-refractivity contribution is 5.88. The first kappa shape index (κ1) is 13.4. The van der Waals surface area contributed by atoms with Crippen molar-refractivity contribution in [2.75, 3.05) is 6.54 Å². The van der Waals surface area contributed by atoms with Crippen LogP contribution < -0.4 is 5.32 Å². The predicted molar refractivity (Wildman–Crippen MR) is 78.5 cm³/mol. The van der Waals surface area contributed by atoms with E-state index in [4.69, 9.17) is 4.42 Å². The zero-order valence-electron chi connectivity index (χ0n) is 11.7. The summed E-state index contributed by atoms with van der Waals surface area (Å²) in [6.45, 7) is 2.92. The molecule has 0 saturated carbocycles. The largest absolute Gasteiger partial charge is 0.422 e. The molecule has 0 aliphatic rings. The Balaban J connectivity index is 2.02. The van der Waals surface area contributed by atoms with Crippen molar-refractivity contribution in [1.82, 2.24) is 20.1 Å². The second-order valence-electron chi connectivity index (χ2n) is 4.77. The molecule has 21 heavy (non-hydrogen) atoms. The number of rotatable bonds is 5. The zero-order valence-corrected chi connectivity index (χ0v) is 11.7. The second-order valence-corrected chi connectivity index (χ2v) is 4.77. The van der Waals surface area contributed by atoms with E-state index in [1.54, 1.807) is 0 Å². The molecule has 0 saturated heterocycles. The molecule has 1 amide bonds. The minimum absolute atomic E-state index is 0.0287. The number of fused-ring (bicyclic) bond motifs is 1. The van der Waals surface area contributed by atoms with Crippen LogP contribution in [0.1, 0.15) is 13.3 Å². The van der Waals surface area contributed by atoms with Crippen molar-refractivity contribution < 1.29 is 9.21 Å². The molecule has 6 heteroatoms. The van der Waals surface area contributed by atoms with Crippen molar-refractivity contribution in [2.45, 2.75) is 19.9 Å². The summed E-state index contributed by atoms with van der Waals surface area (Å²) >= 11 is 0. The van der Waals surface area contributed by atoms with Crippen LogP contribution in [0.5, 0.6) is 0 Å². The Bertz CT molecular complexity index is 746. The van der Waals surface area contributed by atoms with Gasteiger partial charge in [0.25, 0.3) is 5.89 Å². The van der Waals surface area contributed by atoms with Crippen LogP contribution in [-0.4, -0.2) is 27.2 Å². The van der Waals surface area contributed by atoms with Gasteiger partial charge in [-0.3, -0.25) is 4.79 Å². The van der Waals surface area contributed by atoms with Crippen LogP contribution in [0.4, 0.5) is 0 Å². The van der Waals surface area contributed by atoms with Crippen LogP contribution >= 0.6 is 0 Å². The quantitative estimate of drug-likeness (QED) is 0.779. The summed E-state index contributed by atoms with van der Waals surface area (Å²) < 4.78 is 7.17. The highest BCUT2D eigenvalue weighted by Gasteiger charge is 2.16. The number of para-hydroxylation sites is 1. The number of carbonyl (C=O) groups excluding carboxylic acids is 1. The highest BCUT2D eigenvalue weighted by atomic mass is 16.4. The van der Waals surface area contributed by atoms with E-state index in [0.717, 1.165) is 23.0 Å². The highest BCUT2D eigenvalue weighted by Crippen LogP contribution is 2.26. The number of carbonyl (C=O) groups is 1. The first-order valence-corrected chi connectivity index (χ1v) is 6.91. The number of nitrogens with zero attached hydrogens (tertiary/aromatic N) is 3. The van der Waals surface area contributed by atoms with Crippen LogP contribution in [-0.2, 0) is 11.3 Å². The lowest BCUT2D eigenvalue weighted by Crippen LogP contribution is -2.28. The molecule has 0 atom stereocenters. The third-order valence-corrected chi connectivity index (χ3v) is 3.26. The maximum atomic E-state index is 12.0. The Morgan fingerprint density at radius 3 is 3.00 bits per heavy atom. The summed E-state index contributed by atoms with van der Waals surface area (Å²) in [6.07, 6.45) is 2.20. The Morgan fingerprint density at radius 2 is 2.24 bits per heavy atom. The molecule has 0 aliphatic heterocycles. The number of amides is 1. The Kier molecular flexibility index (Phi) is 3.68. The summed E-state index contributed by atoms with van der Waals surface area (Å²) in [5, 5.41) is 11.6. The molecule has 0 unspecified atom stereocenters. The van der Waals surface area contributed by atoms with Crippen LogP contribution in [0.3, 0.4) is 0 Å². The van der Waals surface area contributed by atoms with E-state index in [1.807, 2.05) is 41.8 Å². The van der Waals surface area contributed by atoms with Crippen LogP contribution in [0.25, 0.3) is 22.5 Å². The van der Waals surface area contributed by atoms with Gasteiger partial charge in [-0.2, -0.15) is 0 Å². The summed E-state index contributed by atoms with van der Waals surface area (Å²) in [5.41, 5.74) is 1.72. The maximum Gasteiger partial charge on any atom is 0.264 e. The molecule has 1 aromatic carbocycles. The molecule has 0 aliphatic carbocycles. The predicted octanol–water partition coefficient (Wildman–Crippen LogP) is 2.22. The topological polar surface area (TPSA) is 73.0 Å². The average molecular weight is 284 g/mol. The SMILES string of the molecule is CCCNC(=O)Cn1c(-c2nnco2)cc2ccccc21. The number of hydrogen-bond donors (Lipinski definition) is 1. The number of hydrogen-bond acceptors (Lipinski definition) is 4. The number of benzene rings is 1. The summed E-state index contributed by atoms with van der Waals surface area (Å²) in [6, 6.07) is 9.83. The monoisotopic (exact) mass is 284 g/mol. The van der Waals surface area contributed by atoms with Crippen molar-refractivity contribution >= 4 is 16.8 Å².